The van der Waals surface area contributed by atoms with E-state index in [0.717, 1.165) is 29.2 Å². The fourth-order valence-corrected chi connectivity index (χ4v) is 2.19. The van der Waals surface area contributed by atoms with Gasteiger partial charge in [-0.1, -0.05) is 12.1 Å². The quantitative estimate of drug-likeness (QED) is 0.804. The highest BCUT2D eigenvalue weighted by atomic mass is 19.1. The van der Waals surface area contributed by atoms with E-state index < -0.39 is 17.7 Å². The maximum atomic E-state index is 13.6. The minimum atomic E-state index is -0.543. The summed E-state index contributed by atoms with van der Waals surface area (Å²) in [5.41, 5.74) is 8.33. The van der Waals surface area contributed by atoms with Gasteiger partial charge in [-0.25, -0.2) is 13.8 Å². The second-order valence-corrected chi connectivity index (χ2v) is 4.83. The molecule has 0 aliphatic heterocycles. The van der Waals surface area contributed by atoms with Gasteiger partial charge in [0.05, 0.1) is 29.0 Å². The average molecular weight is 285 g/mol. The Bertz CT molecular complexity index is 789. The van der Waals surface area contributed by atoms with Crippen molar-refractivity contribution in [1.82, 2.24) is 9.97 Å². The summed E-state index contributed by atoms with van der Waals surface area (Å²) >= 11 is 0. The molecular weight excluding hydrogens is 272 g/mol. The van der Waals surface area contributed by atoms with Crippen molar-refractivity contribution in [1.29, 1.82) is 0 Å². The lowest BCUT2D eigenvalue weighted by molar-refractivity contribution is 0.570. The van der Waals surface area contributed by atoms with E-state index in [-0.39, 0.29) is 12.0 Å². The molecule has 0 aliphatic rings. The summed E-state index contributed by atoms with van der Waals surface area (Å²) in [4.78, 5) is 8.69. The van der Waals surface area contributed by atoms with Gasteiger partial charge < -0.3 is 5.73 Å². The van der Waals surface area contributed by atoms with Crippen molar-refractivity contribution in [3.63, 3.8) is 0 Å². The summed E-state index contributed by atoms with van der Waals surface area (Å²) in [7, 11) is 0. The number of halogens is 2. The first-order chi connectivity index (χ1) is 10.1. The van der Waals surface area contributed by atoms with E-state index >= 15 is 0 Å². The molecule has 1 unspecified atom stereocenters. The van der Waals surface area contributed by atoms with Crippen molar-refractivity contribution in [2.75, 3.05) is 0 Å². The maximum absolute atomic E-state index is 13.6. The lowest BCUT2D eigenvalue weighted by Crippen LogP contribution is -2.16. The lowest BCUT2D eigenvalue weighted by atomic mass is 10.0. The second-order valence-electron chi connectivity index (χ2n) is 4.83. The molecular formula is C16H13F2N3. The third kappa shape index (κ3) is 2.87. The highest BCUT2D eigenvalue weighted by molar-refractivity contribution is 5.73. The third-order valence-corrected chi connectivity index (χ3v) is 3.29. The van der Waals surface area contributed by atoms with Gasteiger partial charge in [0.15, 0.2) is 0 Å². The monoisotopic (exact) mass is 285 g/mol. The third-order valence-electron chi connectivity index (χ3n) is 3.29. The Morgan fingerprint density at radius 3 is 2.62 bits per heavy atom. The molecule has 0 radical (unpaired) electrons. The largest absolute Gasteiger partial charge is 0.322 e. The first-order valence-corrected chi connectivity index (χ1v) is 6.54. The molecule has 0 bridgehead atoms. The summed E-state index contributed by atoms with van der Waals surface area (Å²) < 4.78 is 26.8. The summed E-state index contributed by atoms with van der Waals surface area (Å²) in [5, 5.41) is 0. The van der Waals surface area contributed by atoms with Crippen molar-refractivity contribution >= 4 is 11.0 Å². The van der Waals surface area contributed by atoms with Gasteiger partial charge in [-0.05, 0) is 42.3 Å². The summed E-state index contributed by atoms with van der Waals surface area (Å²) in [6.45, 7) is 0. The van der Waals surface area contributed by atoms with Gasteiger partial charge in [0, 0.05) is 0 Å². The van der Waals surface area contributed by atoms with Crippen LogP contribution in [0.4, 0.5) is 8.78 Å². The minimum absolute atomic E-state index is 0.163. The van der Waals surface area contributed by atoms with E-state index in [2.05, 4.69) is 9.97 Å². The smallest absolute Gasteiger partial charge is 0.126 e. The number of nitrogens with two attached hydrogens (primary N) is 1. The zero-order valence-electron chi connectivity index (χ0n) is 11.1. The zero-order valence-corrected chi connectivity index (χ0v) is 11.1. The number of hydrogen-bond donors (Lipinski definition) is 1. The van der Waals surface area contributed by atoms with E-state index in [1.54, 1.807) is 6.20 Å². The first kappa shape index (κ1) is 13.6. The van der Waals surface area contributed by atoms with Crippen molar-refractivity contribution in [3.8, 4) is 0 Å². The number of hydrogen-bond acceptors (Lipinski definition) is 3. The SMILES string of the molecule is NC(Cc1cc(F)ccc1F)c1cnc2ccccc2n1. The van der Waals surface area contributed by atoms with Crippen molar-refractivity contribution in [3.05, 3.63) is 71.6 Å². The van der Waals surface area contributed by atoms with E-state index in [0.29, 0.717) is 5.69 Å². The molecule has 0 saturated carbocycles. The van der Waals surface area contributed by atoms with Gasteiger partial charge >= 0.3 is 0 Å². The highest BCUT2D eigenvalue weighted by Gasteiger charge is 2.13. The molecule has 3 rings (SSSR count). The number of nitrogens with zero attached hydrogens (tertiary/aromatic N) is 2. The summed E-state index contributed by atoms with van der Waals surface area (Å²) in [5.74, 6) is -0.955. The molecule has 1 heterocycles. The molecule has 0 aliphatic carbocycles. The van der Waals surface area contributed by atoms with Crippen molar-refractivity contribution < 1.29 is 8.78 Å². The zero-order chi connectivity index (χ0) is 14.8. The van der Waals surface area contributed by atoms with Gasteiger partial charge in [0.2, 0.25) is 0 Å². The molecule has 2 N–H and O–H groups in total. The van der Waals surface area contributed by atoms with E-state index in [1.807, 2.05) is 24.3 Å². The highest BCUT2D eigenvalue weighted by Crippen LogP contribution is 2.19. The van der Waals surface area contributed by atoms with Crippen LogP contribution in [0.5, 0.6) is 0 Å². The molecule has 0 spiro atoms. The first-order valence-electron chi connectivity index (χ1n) is 6.54. The van der Waals surface area contributed by atoms with E-state index in [1.165, 1.54) is 0 Å². The van der Waals surface area contributed by atoms with Crippen molar-refractivity contribution in [2.24, 2.45) is 5.73 Å². The molecule has 3 aromatic rings. The van der Waals surface area contributed by atoms with Crippen LogP contribution in [0.1, 0.15) is 17.3 Å². The number of aromatic nitrogens is 2. The Morgan fingerprint density at radius 1 is 1.05 bits per heavy atom. The fourth-order valence-electron chi connectivity index (χ4n) is 2.19. The van der Waals surface area contributed by atoms with E-state index in [9.17, 15) is 8.78 Å². The minimum Gasteiger partial charge on any atom is -0.322 e. The number of para-hydroxylation sites is 2. The van der Waals surface area contributed by atoms with Gasteiger partial charge in [0.25, 0.3) is 0 Å². The topological polar surface area (TPSA) is 51.8 Å². The molecule has 0 fully saturated rings. The molecule has 0 saturated heterocycles. The Morgan fingerprint density at radius 2 is 1.81 bits per heavy atom. The van der Waals surface area contributed by atoms with E-state index in [4.69, 9.17) is 5.73 Å². The molecule has 0 amide bonds. The van der Waals surface area contributed by atoms with Crippen LogP contribution in [0.2, 0.25) is 0 Å². The van der Waals surface area contributed by atoms with Crippen molar-refractivity contribution in [2.45, 2.75) is 12.5 Å². The molecule has 1 atom stereocenters. The molecule has 106 valence electrons. The van der Waals surface area contributed by atoms with Crippen LogP contribution in [0, 0.1) is 11.6 Å². The average Bonchev–Trinajstić information content (AvgIpc) is 2.50. The Balaban J connectivity index is 1.89. The second kappa shape index (κ2) is 5.54. The van der Waals surface area contributed by atoms with Crippen LogP contribution < -0.4 is 5.73 Å². The fraction of sp³-hybridized carbons (Fsp3) is 0.125. The lowest BCUT2D eigenvalue weighted by Gasteiger charge is -2.12. The number of fused-ring (bicyclic) bond motifs is 1. The molecule has 2 aromatic carbocycles. The molecule has 1 aromatic heterocycles. The summed E-state index contributed by atoms with van der Waals surface area (Å²) in [6, 6.07) is 10.2. The molecule has 21 heavy (non-hydrogen) atoms. The predicted octanol–water partition coefficient (Wildman–Crippen LogP) is 3.15. The van der Waals surface area contributed by atoms with Gasteiger partial charge in [-0.3, -0.25) is 4.98 Å². The maximum Gasteiger partial charge on any atom is 0.126 e. The predicted molar refractivity (Wildman–Crippen MR) is 76.5 cm³/mol. The molecule has 5 heteroatoms. The van der Waals surface area contributed by atoms with Crippen LogP contribution in [0.15, 0.2) is 48.7 Å². The number of rotatable bonds is 3. The van der Waals surface area contributed by atoms with Crippen LogP contribution >= 0.6 is 0 Å². The Labute approximate surface area is 120 Å². The summed E-state index contributed by atoms with van der Waals surface area (Å²) in [6.07, 6.45) is 1.74. The van der Waals surface area contributed by atoms with Gasteiger partial charge in [-0.15, -0.1) is 0 Å². The van der Waals surface area contributed by atoms with Gasteiger partial charge in [0.1, 0.15) is 11.6 Å². The Hall–Kier alpha value is -2.40. The van der Waals surface area contributed by atoms with Crippen LogP contribution in [-0.4, -0.2) is 9.97 Å². The van der Waals surface area contributed by atoms with Crippen LogP contribution in [0.3, 0.4) is 0 Å². The normalized spacial score (nSPS) is 12.5. The number of benzene rings is 2. The standard InChI is InChI=1S/C16H13F2N3/c17-11-5-6-12(18)10(7-11)8-13(19)16-9-20-14-3-1-2-4-15(14)21-16/h1-7,9,13H,8,19H2. The van der Waals surface area contributed by atoms with Crippen LogP contribution in [0.25, 0.3) is 11.0 Å². The Kier molecular flexibility index (Phi) is 3.58. The van der Waals surface area contributed by atoms with Gasteiger partial charge in [-0.2, -0.15) is 0 Å². The molecule has 3 nitrogen and oxygen atoms in total. The van der Waals surface area contributed by atoms with Crippen LogP contribution in [-0.2, 0) is 6.42 Å².